The lowest BCUT2D eigenvalue weighted by Gasteiger charge is -2.18. The van der Waals surface area contributed by atoms with Crippen molar-refractivity contribution in [3.8, 4) is 0 Å². The first-order valence-electron chi connectivity index (χ1n) is 7.90. The average Bonchev–Trinajstić information content (AvgIpc) is 2.62. The molecule has 1 heterocycles. The van der Waals surface area contributed by atoms with Gasteiger partial charge in [0.05, 0.1) is 6.10 Å². The lowest BCUT2D eigenvalue weighted by atomic mass is 10.0. The maximum absolute atomic E-state index is 13.1. The molecule has 1 amide bonds. The number of aromatic nitrogens is 1. The minimum atomic E-state index is -1.21. The van der Waals surface area contributed by atoms with Crippen molar-refractivity contribution >= 4 is 6.09 Å². The third-order valence-corrected chi connectivity index (χ3v) is 3.66. The predicted molar refractivity (Wildman–Crippen MR) is 89.1 cm³/mol. The van der Waals surface area contributed by atoms with Gasteiger partial charge in [0.1, 0.15) is 12.7 Å². The number of amides is 1. The summed E-state index contributed by atoms with van der Waals surface area (Å²) in [6, 6.07) is 10.7. The van der Waals surface area contributed by atoms with Gasteiger partial charge in [-0.3, -0.25) is 0 Å². The van der Waals surface area contributed by atoms with Crippen LogP contribution >= 0.6 is 0 Å². The Morgan fingerprint density at radius 3 is 2.72 bits per heavy atom. The highest BCUT2D eigenvalue weighted by Crippen LogP contribution is 2.19. The summed E-state index contributed by atoms with van der Waals surface area (Å²) in [5.41, 5.74) is 1.47. The molecule has 0 aliphatic heterocycles. The number of alkyl carbamates (subject to hydrolysis) is 1. The quantitative estimate of drug-likeness (QED) is 0.668. The second-order valence-corrected chi connectivity index (χ2v) is 5.67. The van der Waals surface area contributed by atoms with Crippen molar-refractivity contribution in [1.29, 1.82) is 0 Å². The van der Waals surface area contributed by atoms with Crippen LogP contribution in [0.5, 0.6) is 0 Å². The van der Waals surface area contributed by atoms with E-state index in [1.807, 2.05) is 30.3 Å². The number of aryl methyl sites for hydroxylation is 1. The molecule has 2 aromatic rings. The fourth-order valence-electron chi connectivity index (χ4n) is 2.22. The van der Waals surface area contributed by atoms with Gasteiger partial charge in [-0.25, -0.2) is 9.78 Å². The number of nitrogens with zero attached hydrogens (tertiary/aromatic N) is 1. The third kappa shape index (κ3) is 5.81. The molecule has 2 unspecified atom stereocenters. The van der Waals surface area contributed by atoms with E-state index in [1.54, 1.807) is 0 Å². The number of hydrogen-bond donors (Lipinski definition) is 3. The molecule has 0 fully saturated rings. The van der Waals surface area contributed by atoms with Gasteiger partial charge in [-0.05, 0) is 25.0 Å². The first-order chi connectivity index (χ1) is 12.0. The summed E-state index contributed by atoms with van der Waals surface area (Å²) in [7, 11) is 0. The Balaban J connectivity index is 1.72. The average molecular weight is 348 g/mol. The molecular weight excluding hydrogens is 327 g/mol. The molecule has 3 N–H and O–H groups in total. The molecule has 1 aromatic heterocycles. The Morgan fingerprint density at radius 1 is 1.32 bits per heavy atom. The highest BCUT2D eigenvalue weighted by atomic mass is 19.1. The maximum Gasteiger partial charge on any atom is 0.407 e. The first kappa shape index (κ1) is 18.8. The first-order valence-corrected chi connectivity index (χ1v) is 7.90. The van der Waals surface area contributed by atoms with E-state index in [0.29, 0.717) is 5.56 Å². The topological polar surface area (TPSA) is 91.7 Å². The van der Waals surface area contributed by atoms with Crippen LogP contribution in [-0.4, -0.2) is 33.9 Å². The van der Waals surface area contributed by atoms with Crippen molar-refractivity contribution in [2.45, 2.75) is 32.2 Å². The molecule has 0 saturated heterocycles. The number of aliphatic hydroxyl groups is 2. The van der Waals surface area contributed by atoms with Crippen LogP contribution in [0.4, 0.5) is 9.18 Å². The van der Waals surface area contributed by atoms with E-state index in [-0.39, 0.29) is 25.1 Å². The van der Waals surface area contributed by atoms with Gasteiger partial charge in [-0.1, -0.05) is 30.3 Å². The number of hydrogen-bond acceptors (Lipinski definition) is 5. The lowest BCUT2D eigenvalue weighted by Crippen LogP contribution is -2.29. The summed E-state index contributed by atoms with van der Waals surface area (Å²) in [6.07, 6.45) is -1.66. The Kier molecular flexibility index (Phi) is 6.85. The van der Waals surface area contributed by atoms with Gasteiger partial charge >= 0.3 is 6.09 Å². The van der Waals surface area contributed by atoms with Crippen LogP contribution in [0, 0.1) is 12.9 Å². The zero-order chi connectivity index (χ0) is 18.2. The Morgan fingerprint density at radius 2 is 2.04 bits per heavy atom. The number of pyridine rings is 1. The second kappa shape index (κ2) is 9.10. The largest absolute Gasteiger partial charge is 0.445 e. The van der Waals surface area contributed by atoms with Gasteiger partial charge < -0.3 is 20.3 Å². The van der Waals surface area contributed by atoms with Gasteiger partial charge in [0, 0.05) is 23.9 Å². The zero-order valence-electron chi connectivity index (χ0n) is 13.9. The molecule has 2 atom stereocenters. The Hall–Kier alpha value is -2.51. The molecule has 0 spiro atoms. The highest BCUT2D eigenvalue weighted by molar-refractivity contribution is 5.67. The molecule has 0 bridgehead atoms. The van der Waals surface area contributed by atoms with E-state index >= 15 is 0 Å². The molecule has 0 aliphatic carbocycles. The van der Waals surface area contributed by atoms with E-state index in [9.17, 15) is 19.4 Å². The molecule has 0 saturated carbocycles. The summed E-state index contributed by atoms with van der Waals surface area (Å²) in [4.78, 5) is 15.1. The monoisotopic (exact) mass is 348 g/mol. The van der Waals surface area contributed by atoms with Crippen LogP contribution in [0.25, 0.3) is 0 Å². The smallest absolute Gasteiger partial charge is 0.407 e. The molecule has 6 nitrogen and oxygen atoms in total. The number of carbonyl (C=O) groups excluding carboxylic acids is 1. The number of aliphatic hydroxyl groups excluding tert-OH is 2. The number of nitrogens with one attached hydrogen (secondary N) is 1. The molecule has 0 radical (unpaired) electrons. The van der Waals surface area contributed by atoms with Crippen molar-refractivity contribution in [3.63, 3.8) is 0 Å². The Labute approximate surface area is 145 Å². The summed E-state index contributed by atoms with van der Waals surface area (Å²) in [5, 5.41) is 22.6. The molecule has 0 aliphatic rings. The van der Waals surface area contributed by atoms with E-state index in [4.69, 9.17) is 4.74 Å². The van der Waals surface area contributed by atoms with E-state index in [2.05, 4.69) is 10.3 Å². The second-order valence-electron chi connectivity index (χ2n) is 5.67. The van der Waals surface area contributed by atoms with Gasteiger partial charge in [0.25, 0.3) is 0 Å². The van der Waals surface area contributed by atoms with Crippen molar-refractivity contribution in [2.75, 3.05) is 6.54 Å². The zero-order valence-corrected chi connectivity index (χ0v) is 13.9. The van der Waals surface area contributed by atoms with Crippen LogP contribution < -0.4 is 5.32 Å². The maximum atomic E-state index is 13.1. The minimum Gasteiger partial charge on any atom is -0.445 e. The summed E-state index contributed by atoms with van der Waals surface area (Å²) >= 11 is 0. The fourth-order valence-corrected chi connectivity index (χ4v) is 2.22. The fraction of sp³-hybridized carbons (Fsp3) is 0.333. The number of halogens is 1. The van der Waals surface area contributed by atoms with Gasteiger partial charge in [0.2, 0.25) is 5.95 Å². The molecule has 25 heavy (non-hydrogen) atoms. The number of benzene rings is 1. The third-order valence-electron chi connectivity index (χ3n) is 3.66. The number of rotatable bonds is 7. The molecule has 2 rings (SSSR count). The van der Waals surface area contributed by atoms with Gasteiger partial charge in [-0.2, -0.15) is 4.39 Å². The van der Waals surface area contributed by atoms with Crippen LogP contribution in [-0.2, 0) is 11.3 Å². The van der Waals surface area contributed by atoms with Gasteiger partial charge in [-0.15, -0.1) is 0 Å². The van der Waals surface area contributed by atoms with Crippen LogP contribution in [0.3, 0.4) is 0 Å². The van der Waals surface area contributed by atoms with Crippen LogP contribution in [0.2, 0.25) is 0 Å². The van der Waals surface area contributed by atoms with Crippen LogP contribution in [0.15, 0.2) is 42.6 Å². The van der Waals surface area contributed by atoms with E-state index in [0.717, 1.165) is 5.56 Å². The normalized spacial score (nSPS) is 13.1. The summed E-state index contributed by atoms with van der Waals surface area (Å²) < 4.78 is 18.2. The van der Waals surface area contributed by atoms with Crippen LogP contribution in [0.1, 0.15) is 29.2 Å². The van der Waals surface area contributed by atoms with E-state index in [1.165, 1.54) is 19.2 Å². The SMILES string of the molecule is Cc1cc(C(O)C(O)CCNC(=O)OCc2ccccc2)cnc1F. The van der Waals surface area contributed by atoms with E-state index < -0.39 is 24.2 Å². The minimum absolute atomic E-state index is 0.109. The lowest BCUT2D eigenvalue weighted by molar-refractivity contribution is 0.0133. The van der Waals surface area contributed by atoms with Crippen molar-refractivity contribution < 1.29 is 24.1 Å². The highest BCUT2D eigenvalue weighted by Gasteiger charge is 2.19. The van der Waals surface area contributed by atoms with Gasteiger partial charge in [0.15, 0.2) is 0 Å². The van der Waals surface area contributed by atoms with Crippen molar-refractivity contribution in [3.05, 3.63) is 65.2 Å². The molecule has 1 aromatic carbocycles. The Bertz CT molecular complexity index is 697. The number of ether oxygens (including phenoxy) is 1. The molecular formula is C18H21FN2O4. The van der Waals surface area contributed by atoms with Crippen molar-refractivity contribution in [2.24, 2.45) is 0 Å². The standard InChI is InChI=1S/C18H21FN2O4/c1-12-9-14(10-21-17(12)19)16(23)15(22)7-8-20-18(24)25-11-13-5-3-2-4-6-13/h2-6,9-10,15-16,22-23H,7-8,11H2,1H3,(H,20,24). The predicted octanol–water partition coefficient (Wildman–Crippen LogP) is 2.24. The molecule has 134 valence electrons. The molecule has 7 heteroatoms. The summed E-state index contributed by atoms with van der Waals surface area (Å²) in [5.74, 6) is -0.617. The summed E-state index contributed by atoms with van der Waals surface area (Å²) in [6.45, 7) is 1.80. The van der Waals surface area contributed by atoms with Crippen molar-refractivity contribution in [1.82, 2.24) is 10.3 Å². The number of carbonyl (C=O) groups is 1.